The van der Waals surface area contributed by atoms with Crippen LogP contribution in [-0.4, -0.2) is 26.2 Å². The van der Waals surface area contributed by atoms with Crippen LogP contribution in [0, 0.1) is 0 Å². The molecule has 0 spiro atoms. The van der Waals surface area contributed by atoms with Crippen LogP contribution in [0.1, 0.15) is 5.56 Å². The molecule has 0 saturated carbocycles. The molecule has 0 aliphatic rings. The molecular formula is C10H15N3O. The van der Waals surface area contributed by atoms with Crippen molar-refractivity contribution in [3.05, 3.63) is 23.8 Å². The Balaban J connectivity index is 3.11. The van der Waals surface area contributed by atoms with Crippen LogP contribution >= 0.6 is 0 Å². The quantitative estimate of drug-likeness (QED) is 0.746. The van der Waals surface area contributed by atoms with Gasteiger partial charge in [-0.05, 0) is 18.2 Å². The van der Waals surface area contributed by atoms with Gasteiger partial charge in [0.15, 0.2) is 0 Å². The summed E-state index contributed by atoms with van der Waals surface area (Å²) in [7, 11) is 5.52. The zero-order chi connectivity index (χ0) is 10.6. The van der Waals surface area contributed by atoms with Crippen molar-refractivity contribution in [2.24, 2.45) is 10.2 Å². The molecule has 0 atom stereocenters. The van der Waals surface area contributed by atoms with E-state index in [0.717, 1.165) is 16.9 Å². The first-order chi connectivity index (χ1) is 6.69. The zero-order valence-electron chi connectivity index (χ0n) is 8.73. The van der Waals surface area contributed by atoms with Gasteiger partial charge in [0.1, 0.15) is 0 Å². The number of aliphatic hydroxyl groups is 1. The molecule has 1 N–H and O–H groups in total. The summed E-state index contributed by atoms with van der Waals surface area (Å²) in [4.78, 5) is 1.98. The molecule has 1 rings (SSSR count). The number of azo groups is 1. The molecule has 0 aromatic heterocycles. The van der Waals surface area contributed by atoms with E-state index in [1.54, 1.807) is 7.05 Å². The van der Waals surface area contributed by atoms with E-state index in [1.807, 2.05) is 37.2 Å². The van der Waals surface area contributed by atoms with E-state index < -0.39 is 0 Å². The normalized spacial score (nSPS) is 10.9. The van der Waals surface area contributed by atoms with Gasteiger partial charge in [-0.2, -0.15) is 10.2 Å². The van der Waals surface area contributed by atoms with Gasteiger partial charge in [0.25, 0.3) is 0 Å². The minimum Gasteiger partial charge on any atom is -0.392 e. The number of hydrogen-bond acceptors (Lipinski definition) is 4. The summed E-state index contributed by atoms with van der Waals surface area (Å²) in [5.74, 6) is 0. The Morgan fingerprint density at radius 3 is 2.57 bits per heavy atom. The highest BCUT2D eigenvalue weighted by Gasteiger charge is 2.03. The standard InChI is InChI=1S/C10H15N3O/c1-11-12-10-5-4-9(13(2)3)6-8(10)7-14/h4-6,14H,7H2,1-3H3/b12-11+. The molecule has 1 aromatic rings. The first-order valence-corrected chi connectivity index (χ1v) is 4.40. The van der Waals surface area contributed by atoms with Gasteiger partial charge in [-0.15, -0.1) is 0 Å². The van der Waals surface area contributed by atoms with Crippen LogP contribution in [0.15, 0.2) is 28.4 Å². The van der Waals surface area contributed by atoms with E-state index in [-0.39, 0.29) is 6.61 Å². The highest BCUT2D eigenvalue weighted by Crippen LogP contribution is 2.24. The van der Waals surface area contributed by atoms with Crippen molar-refractivity contribution in [1.82, 2.24) is 0 Å². The molecule has 0 fully saturated rings. The maximum atomic E-state index is 9.13. The molecule has 0 bridgehead atoms. The highest BCUT2D eigenvalue weighted by atomic mass is 16.3. The van der Waals surface area contributed by atoms with Gasteiger partial charge in [0, 0.05) is 32.4 Å². The van der Waals surface area contributed by atoms with Gasteiger partial charge in [-0.1, -0.05) is 0 Å². The third-order valence-electron chi connectivity index (χ3n) is 1.96. The van der Waals surface area contributed by atoms with Crippen LogP contribution in [0.4, 0.5) is 11.4 Å². The molecular weight excluding hydrogens is 178 g/mol. The fourth-order valence-electron chi connectivity index (χ4n) is 1.18. The number of rotatable bonds is 3. The summed E-state index contributed by atoms with van der Waals surface area (Å²) in [5, 5.41) is 16.7. The van der Waals surface area contributed by atoms with Crippen molar-refractivity contribution in [1.29, 1.82) is 0 Å². The molecule has 0 saturated heterocycles. The second-order valence-corrected chi connectivity index (χ2v) is 3.17. The van der Waals surface area contributed by atoms with E-state index in [4.69, 9.17) is 5.11 Å². The molecule has 4 heteroatoms. The van der Waals surface area contributed by atoms with E-state index >= 15 is 0 Å². The molecule has 0 radical (unpaired) electrons. The van der Waals surface area contributed by atoms with Gasteiger partial charge < -0.3 is 10.0 Å². The van der Waals surface area contributed by atoms with Crippen LogP contribution < -0.4 is 4.90 Å². The lowest BCUT2D eigenvalue weighted by Crippen LogP contribution is -2.08. The maximum Gasteiger partial charge on any atom is 0.0909 e. The Bertz CT molecular complexity index is 334. The van der Waals surface area contributed by atoms with Crippen molar-refractivity contribution >= 4 is 11.4 Å². The van der Waals surface area contributed by atoms with E-state index in [2.05, 4.69) is 10.2 Å². The summed E-state index contributed by atoms with van der Waals surface area (Å²) in [5.41, 5.74) is 2.56. The molecule has 0 aliphatic heterocycles. The molecule has 1 aromatic carbocycles. The van der Waals surface area contributed by atoms with Gasteiger partial charge in [0.2, 0.25) is 0 Å². The Labute approximate surface area is 83.9 Å². The van der Waals surface area contributed by atoms with E-state index in [9.17, 15) is 0 Å². The first kappa shape index (κ1) is 10.7. The minimum atomic E-state index is -0.0178. The molecule has 4 nitrogen and oxygen atoms in total. The maximum absolute atomic E-state index is 9.13. The summed E-state index contributed by atoms with van der Waals surface area (Å²) >= 11 is 0. The lowest BCUT2D eigenvalue weighted by molar-refractivity contribution is 0.282. The van der Waals surface area contributed by atoms with Crippen LogP contribution in [0.2, 0.25) is 0 Å². The first-order valence-electron chi connectivity index (χ1n) is 4.40. The Morgan fingerprint density at radius 1 is 1.36 bits per heavy atom. The lowest BCUT2D eigenvalue weighted by atomic mass is 10.1. The second-order valence-electron chi connectivity index (χ2n) is 3.17. The Morgan fingerprint density at radius 2 is 2.07 bits per heavy atom. The largest absolute Gasteiger partial charge is 0.392 e. The Hall–Kier alpha value is -1.42. The van der Waals surface area contributed by atoms with Crippen LogP contribution in [-0.2, 0) is 6.61 Å². The number of benzene rings is 1. The zero-order valence-corrected chi connectivity index (χ0v) is 8.73. The predicted molar refractivity (Wildman–Crippen MR) is 57.1 cm³/mol. The molecule has 14 heavy (non-hydrogen) atoms. The van der Waals surface area contributed by atoms with Gasteiger partial charge in [-0.25, -0.2) is 0 Å². The fourth-order valence-corrected chi connectivity index (χ4v) is 1.18. The van der Waals surface area contributed by atoms with Gasteiger partial charge in [-0.3, -0.25) is 0 Å². The molecule has 76 valence electrons. The summed E-state index contributed by atoms with van der Waals surface area (Å²) < 4.78 is 0. The molecule has 0 amide bonds. The lowest BCUT2D eigenvalue weighted by Gasteiger charge is -2.13. The monoisotopic (exact) mass is 193 g/mol. The van der Waals surface area contributed by atoms with Gasteiger partial charge >= 0.3 is 0 Å². The molecule has 0 aliphatic carbocycles. The smallest absolute Gasteiger partial charge is 0.0909 e. The number of hydrogen-bond donors (Lipinski definition) is 1. The summed E-state index contributed by atoms with van der Waals surface area (Å²) in [6, 6.07) is 5.71. The average Bonchev–Trinajstić information content (AvgIpc) is 2.18. The third-order valence-corrected chi connectivity index (χ3v) is 1.96. The second kappa shape index (κ2) is 4.72. The summed E-state index contributed by atoms with van der Waals surface area (Å²) in [6.45, 7) is -0.0178. The van der Waals surface area contributed by atoms with Crippen molar-refractivity contribution < 1.29 is 5.11 Å². The molecule has 0 heterocycles. The topological polar surface area (TPSA) is 48.2 Å². The minimum absolute atomic E-state index is 0.0178. The van der Waals surface area contributed by atoms with Crippen molar-refractivity contribution in [3.8, 4) is 0 Å². The van der Waals surface area contributed by atoms with Crippen molar-refractivity contribution in [2.75, 3.05) is 26.0 Å². The summed E-state index contributed by atoms with van der Waals surface area (Å²) in [6.07, 6.45) is 0. The highest BCUT2D eigenvalue weighted by molar-refractivity contribution is 5.57. The number of anilines is 1. The number of nitrogens with zero attached hydrogens (tertiary/aromatic N) is 3. The van der Waals surface area contributed by atoms with E-state index in [1.165, 1.54) is 0 Å². The van der Waals surface area contributed by atoms with Crippen LogP contribution in [0.5, 0.6) is 0 Å². The van der Waals surface area contributed by atoms with Crippen molar-refractivity contribution in [2.45, 2.75) is 6.61 Å². The van der Waals surface area contributed by atoms with Crippen LogP contribution in [0.25, 0.3) is 0 Å². The fraction of sp³-hybridized carbons (Fsp3) is 0.400. The Kier molecular flexibility index (Phi) is 3.59. The predicted octanol–water partition coefficient (Wildman–Crippen LogP) is 1.96. The molecule has 0 unspecified atom stereocenters. The average molecular weight is 193 g/mol. The van der Waals surface area contributed by atoms with E-state index in [0.29, 0.717) is 0 Å². The van der Waals surface area contributed by atoms with Crippen LogP contribution in [0.3, 0.4) is 0 Å². The van der Waals surface area contributed by atoms with Gasteiger partial charge in [0.05, 0.1) is 12.3 Å². The number of aliphatic hydroxyl groups excluding tert-OH is 1. The SMILES string of the molecule is C/N=N/c1ccc(N(C)C)cc1CO. The third kappa shape index (κ3) is 2.29. The van der Waals surface area contributed by atoms with Crippen molar-refractivity contribution in [3.63, 3.8) is 0 Å².